The lowest BCUT2D eigenvalue weighted by Gasteiger charge is -2.42. The van der Waals surface area contributed by atoms with E-state index in [0.717, 1.165) is 24.1 Å². The van der Waals surface area contributed by atoms with Gasteiger partial charge in [0.2, 0.25) is 11.8 Å². The molecule has 2 saturated heterocycles. The maximum atomic E-state index is 14.0. The fourth-order valence-electron chi connectivity index (χ4n) is 6.42. The maximum Gasteiger partial charge on any atom is 0.258 e. The number of nitrogens with zero attached hydrogens (tertiary/aromatic N) is 3. The SMILES string of the molecule is CN(C)c1ccc(CN2CCN3C(=O)c4ccccc4OCC[C@@H]4CC[C@@H](NC(=O)CC(C)(C)C)[C@@H](CNC(=O)[C@@H]3C2)O4)cc1. The molecule has 3 aliphatic rings. The zero-order chi connectivity index (χ0) is 32.1. The third kappa shape index (κ3) is 8.55. The summed E-state index contributed by atoms with van der Waals surface area (Å²) in [4.78, 5) is 46.8. The molecule has 0 saturated carbocycles. The van der Waals surface area contributed by atoms with Crippen LogP contribution in [-0.2, 0) is 20.9 Å². The highest BCUT2D eigenvalue weighted by atomic mass is 16.5. The minimum Gasteiger partial charge on any atom is -0.493 e. The van der Waals surface area contributed by atoms with Gasteiger partial charge in [-0.05, 0) is 48.1 Å². The van der Waals surface area contributed by atoms with Gasteiger partial charge in [-0.3, -0.25) is 19.3 Å². The molecule has 0 spiro atoms. The van der Waals surface area contributed by atoms with Crippen LogP contribution in [0.2, 0.25) is 0 Å². The maximum absolute atomic E-state index is 14.0. The Hall–Kier alpha value is -3.63. The van der Waals surface area contributed by atoms with E-state index >= 15 is 0 Å². The van der Waals surface area contributed by atoms with E-state index in [-0.39, 0.29) is 47.9 Å². The summed E-state index contributed by atoms with van der Waals surface area (Å²) in [6.45, 7) is 8.90. The number of hydrogen-bond donors (Lipinski definition) is 2. The number of amides is 3. The first-order chi connectivity index (χ1) is 21.5. The van der Waals surface area contributed by atoms with E-state index in [0.29, 0.717) is 56.9 Å². The zero-order valence-electron chi connectivity index (χ0n) is 27.4. The Morgan fingerprint density at radius 1 is 1.02 bits per heavy atom. The normalized spacial score (nSPS) is 24.8. The van der Waals surface area contributed by atoms with Gasteiger partial charge < -0.3 is 29.9 Å². The predicted molar refractivity (Wildman–Crippen MR) is 174 cm³/mol. The fraction of sp³-hybridized carbons (Fsp3) is 0.571. The van der Waals surface area contributed by atoms with Gasteiger partial charge in [0.1, 0.15) is 11.8 Å². The Kier molecular flexibility index (Phi) is 10.3. The number of fused-ring (bicyclic) bond motifs is 4. The van der Waals surface area contributed by atoms with Crippen LogP contribution in [-0.4, -0.2) is 98.7 Å². The highest BCUT2D eigenvalue weighted by molar-refractivity contribution is 6.00. The van der Waals surface area contributed by atoms with Crippen LogP contribution < -0.4 is 20.3 Å². The van der Waals surface area contributed by atoms with Gasteiger partial charge in [0.05, 0.1) is 30.4 Å². The van der Waals surface area contributed by atoms with Gasteiger partial charge in [-0.1, -0.05) is 45.0 Å². The second kappa shape index (κ2) is 14.2. The predicted octanol–water partition coefficient (Wildman–Crippen LogP) is 3.45. The zero-order valence-corrected chi connectivity index (χ0v) is 27.4. The molecule has 3 aliphatic heterocycles. The first kappa shape index (κ1) is 32.8. The van der Waals surface area contributed by atoms with Crippen LogP contribution in [0.3, 0.4) is 0 Å². The van der Waals surface area contributed by atoms with E-state index < -0.39 is 6.04 Å². The molecule has 45 heavy (non-hydrogen) atoms. The van der Waals surface area contributed by atoms with E-state index in [1.165, 1.54) is 0 Å². The summed E-state index contributed by atoms with van der Waals surface area (Å²) in [6.07, 6.45) is 2.13. The number of para-hydroxylation sites is 1. The molecule has 0 unspecified atom stereocenters. The van der Waals surface area contributed by atoms with Crippen LogP contribution in [0, 0.1) is 5.41 Å². The molecular weight excluding hydrogens is 570 g/mol. The molecule has 2 aromatic carbocycles. The smallest absolute Gasteiger partial charge is 0.258 e. The average molecular weight is 620 g/mol. The number of nitrogens with one attached hydrogen (secondary N) is 2. The Bertz CT molecular complexity index is 1340. The van der Waals surface area contributed by atoms with Crippen molar-refractivity contribution >= 4 is 23.4 Å². The van der Waals surface area contributed by atoms with Crippen molar-refractivity contribution < 1.29 is 23.9 Å². The first-order valence-electron chi connectivity index (χ1n) is 16.2. The molecule has 4 atom stereocenters. The lowest BCUT2D eigenvalue weighted by atomic mass is 9.91. The minimum absolute atomic E-state index is 0.0153. The number of piperazine rings is 1. The highest BCUT2D eigenvalue weighted by Crippen LogP contribution is 2.27. The van der Waals surface area contributed by atoms with Crippen molar-refractivity contribution in [1.82, 2.24) is 20.4 Å². The minimum atomic E-state index is -0.698. The van der Waals surface area contributed by atoms with Crippen LogP contribution in [0.15, 0.2) is 48.5 Å². The molecule has 2 bridgehead atoms. The van der Waals surface area contributed by atoms with Gasteiger partial charge in [0, 0.05) is 65.3 Å². The third-order valence-corrected chi connectivity index (χ3v) is 8.83. The van der Waals surface area contributed by atoms with Crippen molar-refractivity contribution in [2.24, 2.45) is 5.41 Å². The van der Waals surface area contributed by atoms with Gasteiger partial charge in [-0.15, -0.1) is 0 Å². The molecule has 2 N–H and O–H groups in total. The van der Waals surface area contributed by atoms with Crippen LogP contribution in [0.1, 0.15) is 62.4 Å². The summed E-state index contributed by atoms with van der Waals surface area (Å²) in [5, 5.41) is 6.30. The Morgan fingerprint density at radius 2 is 1.78 bits per heavy atom. The lowest BCUT2D eigenvalue weighted by Crippen LogP contribution is -2.62. The van der Waals surface area contributed by atoms with Crippen LogP contribution in [0.25, 0.3) is 0 Å². The molecule has 244 valence electrons. The third-order valence-electron chi connectivity index (χ3n) is 8.83. The van der Waals surface area contributed by atoms with Crippen LogP contribution in [0.4, 0.5) is 5.69 Å². The summed E-state index contributed by atoms with van der Waals surface area (Å²) in [5.41, 5.74) is 2.60. The van der Waals surface area contributed by atoms with E-state index in [1.54, 1.807) is 11.0 Å². The number of carbonyl (C=O) groups excluding carboxylic acids is 3. The van der Waals surface area contributed by atoms with Gasteiger partial charge in [-0.2, -0.15) is 0 Å². The second-order valence-electron chi connectivity index (χ2n) is 14.0. The standard InChI is InChI=1S/C35H49N5O5/c1-35(2,3)20-32(41)37-28-15-14-26-16-19-44-30-9-7-6-8-27(30)34(43)40-18-17-39(22-24-10-12-25(13-11-24)38(4)5)23-29(40)33(42)36-21-31(28)45-26/h6-13,26,28-29,31H,14-23H2,1-5H3,(H,36,42)(H,37,41)/t26-,28+,29-,31+/m0/s1. The summed E-state index contributed by atoms with van der Waals surface area (Å²) in [5.74, 6) is 0.0684. The highest BCUT2D eigenvalue weighted by Gasteiger charge is 2.39. The van der Waals surface area contributed by atoms with Crippen LogP contribution >= 0.6 is 0 Å². The van der Waals surface area contributed by atoms with Crippen molar-refractivity contribution in [3.8, 4) is 5.75 Å². The first-order valence-corrected chi connectivity index (χ1v) is 16.2. The average Bonchev–Trinajstić information content (AvgIpc) is 2.99. The van der Waals surface area contributed by atoms with Gasteiger partial charge in [-0.25, -0.2) is 0 Å². The van der Waals surface area contributed by atoms with E-state index in [1.807, 2.05) is 53.1 Å². The Labute approximate surface area is 267 Å². The van der Waals surface area contributed by atoms with Gasteiger partial charge in [0.15, 0.2) is 0 Å². The summed E-state index contributed by atoms with van der Waals surface area (Å²) < 4.78 is 12.7. The van der Waals surface area contributed by atoms with E-state index in [9.17, 15) is 14.4 Å². The quantitative estimate of drug-likeness (QED) is 0.529. The number of anilines is 1. The molecule has 2 fully saturated rings. The number of carbonyl (C=O) groups is 3. The van der Waals surface area contributed by atoms with E-state index in [4.69, 9.17) is 9.47 Å². The van der Waals surface area contributed by atoms with Crippen molar-refractivity contribution in [2.75, 3.05) is 51.8 Å². The molecule has 3 heterocycles. The number of benzene rings is 2. The molecule has 0 radical (unpaired) electrons. The molecule has 2 aromatic rings. The number of hydrogen-bond acceptors (Lipinski definition) is 7. The van der Waals surface area contributed by atoms with Gasteiger partial charge >= 0.3 is 0 Å². The molecule has 10 nitrogen and oxygen atoms in total. The lowest BCUT2D eigenvalue weighted by molar-refractivity contribution is -0.131. The summed E-state index contributed by atoms with van der Waals surface area (Å²) in [6, 6.07) is 14.8. The van der Waals surface area contributed by atoms with Crippen molar-refractivity contribution in [3.63, 3.8) is 0 Å². The summed E-state index contributed by atoms with van der Waals surface area (Å²) >= 11 is 0. The van der Waals surface area contributed by atoms with Crippen molar-refractivity contribution in [3.05, 3.63) is 59.7 Å². The molecule has 5 rings (SSSR count). The molecular formula is C35H49N5O5. The summed E-state index contributed by atoms with van der Waals surface area (Å²) in [7, 11) is 4.03. The van der Waals surface area contributed by atoms with Crippen molar-refractivity contribution in [1.29, 1.82) is 0 Å². The Balaban J connectivity index is 1.37. The molecule has 10 heteroatoms. The van der Waals surface area contributed by atoms with Crippen LogP contribution in [0.5, 0.6) is 5.75 Å². The Morgan fingerprint density at radius 3 is 2.51 bits per heavy atom. The number of ether oxygens (including phenoxy) is 2. The molecule has 0 aliphatic carbocycles. The second-order valence-corrected chi connectivity index (χ2v) is 14.0. The van der Waals surface area contributed by atoms with Gasteiger partial charge in [0.25, 0.3) is 5.91 Å². The molecule has 3 amide bonds. The van der Waals surface area contributed by atoms with E-state index in [2.05, 4.69) is 44.7 Å². The fourth-order valence-corrected chi connectivity index (χ4v) is 6.42. The topological polar surface area (TPSA) is 103 Å². The van der Waals surface area contributed by atoms with Crippen molar-refractivity contribution in [2.45, 2.75) is 77.3 Å². The molecule has 0 aromatic heterocycles. The number of rotatable bonds is 5. The monoisotopic (exact) mass is 619 g/mol. The largest absolute Gasteiger partial charge is 0.493 e.